The summed E-state index contributed by atoms with van der Waals surface area (Å²) in [5.74, 6) is -0.639. The molecular weight excluding hydrogens is 395 g/mol. The summed E-state index contributed by atoms with van der Waals surface area (Å²) in [4.78, 5) is 22.1. The molecule has 1 N–H and O–H groups in total. The van der Waals surface area contributed by atoms with Crippen molar-refractivity contribution >= 4 is 33.2 Å². The van der Waals surface area contributed by atoms with Gasteiger partial charge in [-0.1, -0.05) is 29.8 Å². The quantitative estimate of drug-likeness (QED) is 0.555. The Kier molecular flexibility index (Phi) is 6.08. The molecule has 0 aromatic heterocycles. The number of anilines is 1. The zero-order chi connectivity index (χ0) is 18.6. The Bertz CT molecular complexity index is 811. The molecular formula is C17H16BrFN2O4. The Balaban J connectivity index is 2.07. The summed E-state index contributed by atoms with van der Waals surface area (Å²) in [6.07, 6.45) is 0. The van der Waals surface area contributed by atoms with Gasteiger partial charge in [-0.25, -0.2) is 4.39 Å². The average Bonchev–Trinajstić information content (AvgIpc) is 2.55. The maximum Gasteiger partial charge on any atom is 0.271 e. The van der Waals surface area contributed by atoms with Gasteiger partial charge in [-0.3, -0.25) is 14.9 Å². The highest BCUT2D eigenvalue weighted by Crippen LogP contribution is 2.29. The molecule has 0 heterocycles. The molecule has 0 aliphatic heterocycles. The number of nitrogens with one attached hydrogen (secondary N) is 1. The van der Waals surface area contributed by atoms with Crippen LogP contribution in [0, 0.1) is 15.9 Å². The van der Waals surface area contributed by atoms with Crippen LogP contribution in [0.5, 0.6) is 5.75 Å². The molecule has 0 fully saturated rings. The number of nitro benzene ring substituents is 1. The molecule has 0 bridgehead atoms. The van der Waals surface area contributed by atoms with Crippen LogP contribution in [0.15, 0.2) is 40.9 Å². The summed E-state index contributed by atoms with van der Waals surface area (Å²) in [7, 11) is 0. The lowest BCUT2D eigenvalue weighted by molar-refractivity contribution is -0.384. The number of hydrogen-bond acceptors (Lipinski definition) is 4. The highest BCUT2D eigenvalue weighted by Gasteiger charge is 2.15. The first-order valence-electron chi connectivity index (χ1n) is 7.44. The molecule has 6 nitrogen and oxygen atoms in total. The minimum absolute atomic E-state index is 0.185. The summed E-state index contributed by atoms with van der Waals surface area (Å²) in [6.45, 7) is 3.64. The Labute approximate surface area is 152 Å². The largest absolute Gasteiger partial charge is 0.483 e. The Morgan fingerprint density at radius 2 is 2.04 bits per heavy atom. The van der Waals surface area contributed by atoms with Crippen LogP contribution in [0.1, 0.15) is 25.3 Å². The summed E-state index contributed by atoms with van der Waals surface area (Å²) >= 11 is 3.38. The van der Waals surface area contributed by atoms with Gasteiger partial charge in [0.1, 0.15) is 11.6 Å². The van der Waals surface area contributed by atoms with Crippen molar-refractivity contribution in [3.63, 3.8) is 0 Å². The van der Waals surface area contributed by atoms with Crippen LogP contribution in [0.4, 0.5) is 15.8 Å². The lowest BCUT2D eigenvalue weighted by Crippen LogP contribution is -2.21. The number of non-ortho nitro benzene ring substituents is 1. The third-order valence-electron chi connectivity index (χ3n) is 3.39. The van der Waals surface area contributed by atoms with Crippen LogP contribution in [0.3, 0.4) is 0 Å². The van der Waals surface area contributed by atoms with Crippen molar-refractivity contribution in [3.05, 3.63) is 62.4 Å². The number of carbonyl (C=O) groups excluding carboxylic acids is 1. The van der Waals surface area contributed by atoms with E-state index in [1.165, 1.54) is 0 Å². The van der Waals surface area contributed by atoms with Gasteiger partial charge in [-0.15, -0.1) is 0 Å². The predicted molar refractivity (Wildman–Crippen MR) is 95.4 cm³/mol. The minimum Gasteiger partial charge on any atom is -0.483 e. The summed E-state index contributed by atoms with van der Waals surface area (Å²) in [5.41, 5.74) is 0.346. The number of halogens is 2. The van der Waals surface area contributed by atoms with Crippen molar-refractivity contribution in [1.82, 2.24) is 0 Å². The maximum absolute atomic E-state index is 13.7. The third kappa shape index (κ3) is 4.99. The molecule has 0 aliphatic rings. The van der Waals surface area contributed by atoms with Crippen LogP contribution in [-0.2, 0) is 4.79 Å². The molecule has 8 heteroatoms. The van der Waals surface area contributed by atoms with Gasteiger partial charge in [0.2, 0.25) is 0 Å². The molecule has 0 unspecified atom stereocenters. The van der Waals surface area contributed by atoms with Crippen molar-refractivity contribution in [2.45, 2.75) is 19.8 Å². The van der Waals surface area contributed by atoms with Crippen molar-refractivity contribution in [2.24, 2.45) is 0 Å². The molecule has 1 amide bonds. The molecule has 132 valence electrons. The van der Waals surface area contributed by atoms with Gasteiger partial charge in [0, 0.05) is 16.6 Å². The van der Waals surface area contributed by atoms with Gasteiger partial charge in [0.05, 0.1) is 10.6 Å². The van der Waals surface area contributed by atoms with Crippen LogP contribution in [-0.4, -0.2) is 17.4 Å². The van der Waals surface area contributed by atoms with Crippen molar-refractivity contribution in [1.29, 1.82) is 0 Å². The zero-order valence-electron chi connectivity index (χ0n) is 13.6. The van der Waals surface area contributed by atoms with E-state index in [1.807, 2.05) is 19.9 Å². The normalized spacial score (nSPS) is 10.6. The first kappa shape index (κ1) is 18.9. The zero-order valence-corrected chi connectivity index (χ0v) is 15.2. The second-order valence-corrected chi connectivity index (χ2v) is 6.51. The molecule has 2 aromatic rings. The molecule has 0 saturated heterocycles. The third-order valence-corrected chi connectivity index (χ3v) is 3.88. The lowest BCUT2D eigenvalue weighted by atomic mass is 10.0. The second kappa shape index (κ2) is 8.06. The SMILES string of the molecule is CC(C)c1cc(Br)ccc1OCC(=O)Nc1cc([N+](=O)[O-])ccc1F. The van der Waals surface area contributed by atoms with E-state index >= 15 is 0 Å². The molecule has 0 atom stereocenters. The van der Waals surface area contributed by atoms with E-state index in [9.17, 15) is 19.3 Å². The minimum atomic E-state index is -0.759. The van der Waals surface area contributed by atoms with Crippen molar-refractivity contribution < 1.29 is 18.8 Å². The molecule has 2 aromatic carbocycles. The number of nitro groups is 1. The van der Waals surface area contributed by atoms with Gasteiger partial charge < -0.3 is 10.1 Å². The van der Waals surface area contributed by atoms with Gasteiger partial charge >= 0.3 is 0 Å². The number of hydrogen-bond donors (Lipinski definition) is 1. The number of amides is 1. The number of ether oxygens (including phenoxy) is 1. The fraction of sp³-hybridized carbons (Fsp3) is 0.235. The first-order chi connectivity index (χ1) is 11.8. The van der Waals surface area contributed by atoms with E-state index in [4.69, 9.17) is 4.74 Å². The molecule has 0 radical (unpaired) electrons. The number of nitrogens with zero attached hydrogens (tertiary/aromatic N) is 1. The van der Waals surface area contributed by atoms with Crippen LogP contribution < -0.4 is 10.1 Å². The Morgan fingerprint density at radius 3 is 2.68 bits per heavy atom. The molecule has 0 spiro atoms. The van der Waals surface area contributed by atoms with Gasteiger partial charge in [0.15, 0.2) is 6.61 Å². The van der Waals surface area contributed by atoms with Crippen molar-refractivity contribution in [2.75, 3.05) is 11.9 Å². The maximum atomic E-state index is 13.7. The highest BCUT2D eigenvalue weighted by molar-refractivity contribution is 9.10. The Hall–Kier alpha value is -2.48. The number of benzene rings is 2. The summed E-state index contributed by atoms with van der Waals surface area (Å²) in [6, 6.07) is 8.35. The fourth-order valence-corrected chi connectivity index (χ4v) is 2.53. The molecule has 2 rings (SSSR count). The van der Waals surface area contributed by atoms with Crippen LogP contribution >= 0.6 is 15.9 Å². The van der Waals surface area contributed by atoms with E-state index in [0.717, 1.165) is 28.2 Å². The number of carbonyl (C=O) groups is 1. The van der Waals surface area contributed by atoms with E-state index in [1.54, 1.807) is 12.1 Å². The van der Waals surface area contributed by atoms with Crippen LogP contribution in [0.25, 0.3) is 0 Å². The van der Waals surface area contributed by atoms with Gasteiger partial charge in [-0.05, 0) is 35.7 Å². The molecule has 0 aliphatic carbocycles. The fourth-order valence-electron chi connectivity index (χ4n) is 2.15. The number of rotatable bonds is 6. The van der Waals surface area contributed by atoms with Gasteiger partial charge in [-0.2, -0.15) is 0 Å². The van der Waals surface area contributed by atoms with E-state index in [-0.39, 0.29) is 23.9 Å². The monoisotopic (exact) mass is 410 g/mol. The van der Waals surface area contributed by atoms with E-state index in [2.05, 4.69) is 21.2 Å². The summed E-state index contributed by atoms with van der Waals surface area (Å²) in [5, 5.41) is 13.0. The van der Waals surface area contributed by atoms with E-state index in [0.29, 0.717) is 5.75 Å². The molecule has 0 saturated carbocycles. The standard InChI is InChI=1S/C17H16BrFN2O4/c1-10(2)13-7-11(18)3-6-16(13)25-9-17(22)20-15-8-12(21(23)24)4-5-14(15)19/h3-8,10H,9H2,1-2H3,(H,20,22). The Morgan fingerprint density at radius 1 is 1.32 bits per heavy atom. The van der Waals surface area contributed by atoms with E-state index < -0.39 is 16.6 Å². The topological polar surface area (TPSA) is 81.5 Å². The highest BCUT2D eigenvalue weighted by atomic mass is 79.9. The van der Waals surface area contributed by atoms with Gasteiger partial charge in [0.25, 0.3) is 11.6 Å². The van der Waals surface area contributed by atoms with Crippen molar-refractivity contribution in [3.8, 4) is 5.75 Å². The first-order valence-corrected chi connectivity index (χ1v) is 8.23. The smallest absolute Gasteiger partial charge is 0.271 e. The average molecular weight is 411 g/mol. The molecule has 25 heavy (non-hydrogen) atoms. The summed E-state index contributed by atoms with van der Waals surface area (Å²) < 4.78 is 20.1. The van der Waals surface area contributed by atoms with Crippen LogP contribution in [0.2, 0.25) is 0 Å². The second-order valence-electron chi connectivity index (χ2n) is 5.59. The lowest BCUT2D eigenvalue weighted by Gasteiger charge is -2.14. The predicted octanol–water partition coefficient (Wildman–Crippen LogP) is 4.64.